The summed E-state index contributed by atoms with van der Waals surface area (Å²) in [6, 6.07) is 6.49. The van der Waals surface area contributed by atoms with Gasteiger partial charge in [0.2, 0.25) is 11.8 Å². The first-order valence-electron chi connectivity index (χ1n) is 6.59. The Kier molecular flexibility index (Phi) is 7.00. The van der Waals surface area contributed by atoms with Crippen LogP contribution in [0.15, 0.2) is 30.3 Å². The molecule has 0 unspecified atom stereocenters. The van der Waals surface area contributed by atoms with Gasteiger partial charge in [-0.05, 0) is 5.56 Å². The Labute approximate surface area is 127 Å². The van der Waals surface area contributed by atoms with E-state index in [4.69, 9.17) is 21.3 Å². The molecule has 6 N–H and O–H groups in total. The van der Waals surface area contributed by atoms with Crippen LogP contribution >= 0.6 is 0 Å². The van der Waals surface area contributed by atoms with E-state index < -0.39 is 36.5 Å². The normalized spacial score (nSPS) is 13.0. The first kappa shape index (κ1) is 17.6. The maximum atomic E-state index is 11.8. The molecule has 0 aliphatic rings. The first-order valence-corrected chi connectivity index (χ1v) is 6.59. The van der Waals surface area contributed by atoms with Gasteiger partial charge in [-0.15, -0.1) is 0 Å². The zero-order valence-corrected chi connectivity index (χ0v) is 11.9. The van der Waals surface area contributed by atoms with Crippen molar-refractivity contribution in [2.24, 2.45) is 11.5 Å². The highest BCUT2D eigenvalue weighted by molar-refractivity contribution is 5.90. The van der Waals surface area contributed by atoms with Crippen molar-refractivity contribution in [3.8, 4) is 0 Å². The van der Waals surface area contributed by atoms with Gasteiger partial charge < -0.3 is 26.6 Å². The van der Waals surface area contributed by atoms with Crippen molar-refractivity contribution >= 4 is 17.8 Å². The fourth-order valence-corrected chi connectivity index (χ4v) is 1.60. The zero-order valence-electron chi connectivity index (χ0n) is 11.9. The largest absolute Gasteiger partial charge is 0.459 e. The minimum Gasteiger partial charge on any atom is -0.459 e. The summed E-state index contributed by atoms with van der Waals surface area (Å²) in [6.45, 7) is -0.637. The summed E-state index contributed by atoms with van der Waals surface area (Å²) >= 11 is 0. The van der Waals surface area contributed by atoms with Crippen molar-refractivity contribution in [2.75, 3.05) is 6.61 Å². The lowest BCUT2D eigenvalue weighted by atomic mass is 10.2. The molecule has 0 radical (unpaired) electrons. The lowest BCUT2D eigenvalue weighted by Gasteiger charge is -2.17. The van der Waals surface area contributed by atoms with Gasteiger partial charge in [0.15, 0.2) is 6.04 Å². The molecule has 1 rings (SSSR count). The lowest BCUT2D eigenvalue weighted by molar-refractivity contribution is -0.150. The molecule has 1 aromatic carbocycles. The van der Waals surface area contributed by atoms with Crippen LogP contribution in [0.5, 0.6) is 0 Å². The highest BCUT2D eigenvalue weighted by Crippen LogP contribution is 2.02. The minimum absolute atomic E-state index is 0.0133. The molecule has 0 aromatic heterocycles. The average molecular weight is 309 g/mol. The average Bonchev–Trinajstić information content (AvgIpc) is 2.50. The van der Waals surface area contributed by atoms with Crippen molar-refractivity contribution in [3.63, 3.8) is 0 Å². The topological polar surface area (TPSA) is 145 Å². The number of benzene rings is 1. The molecule has 22 heavy (non-hydrogen) atoms. The van der Waals surface area contributed by atoms with Crippen LogP contribution in [0.3, 0.4) is 0 Å². The lowest BCUT2D eigenvalue weighted by Crippen LogP contribution is -2.51. The van der Waals surface area contributed by atoms with Gasteiger partial charge in [0.25, 0.3) is 0 Å². The Hall–Kier alpha value is -2.45. The molecule has 0 saturated heterocycles. The van der Waals surface area contributed by atoms with E-state index in [9.17, 15) is 14.4 Å². The summed E-state index contributed by atoms with van der Waals surface area (Å²) in [6.07, 6.45) is -0.358. The zero-order chi connectivity index (χ0) is 16.5. The maximum Gasteiger partial charge on any atom is 0.331 e. The Morgan fingerprint density at radius 1 is 1.23 bits per heavy atom. The first-order chi connectivity index (χ1) is 10.4. The van der Waals surface area contributed by atoms with Crippen molar-refractivity contribution < 1.29 is 24.2 Å². The molecule has 2 atom stereocenters. The number of primary amides is 1. The highest BCUT2D eigenvalue weighted by atomic mass is 16.5. The van der Waals surface area contributed by atoms with E-state index in [1.807, 2.05) is 6.07 Å². The van der Waals surface area contributed by atoms with Crippen molar-refractivity contribution in [3.05, 3.63) is 35.9 Å². The van der Waals surface area contributed by atoms with Crippen LogP contribution in [0.1, 0.15) is 12.0 Å². The quantitative estimate of drug-likeness (QED) is 0.426. The number of esters is 1. The predicted octanol–water partition coefficient (Wildman–Crippen LogP) is -1.59. The molecular formula is C14H19N3O5. The maximum absolute atomic E-state index is 11.8. The van der Waals surface area contributed by atoms with Gasteiger partial charge in [0, 0.05) is 0 Å². The summed E-state index contributed by atoms with van der Waals surface area (Å²) < 4.78 is 5.00. The second-order valence-electron chi connectivity index (χ2n) is 4.61. The number of hydrogen-bond acceptors (Lipinski definition) is 6. The van der Waals surface area contributed by atoms with Gasteiger partial charge in [0.1, 0.15) is 6.61 Å². The fraction of sp³-hybridized carbons (Fsp3) is 0.357. The molecule has 2 amide bonds. The molecule has 0 heterocycles. The number of ether oxygens (including phenoxy) is 1. The second kappa shape index (κ2) is 8.75. The summed E-state index contributed by atoms with van der Waals surface area (Å²) in [5.41, 5.74) is 11.1. The van der Waals surface area contributed by atoms with E-state index >= 15 is 0 Å². The highest BCUT2D eigenvalue weighted by Gasteiger charge is 2.25. The van der Waals surface area contributed by atoms with E-state index in [0.29, 0.717) is 0 Å². The number of amides is 2. The number of carbonyl (C=O) groups excluding carboxylic acids is 3. The van der Waals surface area contributed by atoms with Gasteiger partial charge in [-0.25, -0.2) is 4.79 Å². The van der Waals surface area contributed by atoms with Crippen molar-refractivity contribution in [2.45, 2.75) is 25.1 Å². The number of rotatable bonds is 8. The molecule has 8 heteroatoms. The molecule has 0 aliphatic heterocycles. The van der Waals surface area contributed by atoms with Crippen LogP contribution < -0.4 is 16.8 Å². The minimum atomic E-state index is -1.25. The van der Waals surface area contributed by atoms with Crippen LogP contribution in [0, 0.1) is 0 Å². The molecule has 0 saturated carbocycles. The van der Waals surface area contributed by atoms with Crippen LogP contribution in [0.25, 0.3) is 0 Å². The number of nitrogens with two attached hydrogens (primary N) is 2. The van der Waals surface area contributed by atoms with Crippen LogP contribution in [0.4, 0.5) is 0 Å². The fourth-order valence-electron chi connectivity index (χ4n) is 1.60. The smallest absolute Gasteiger partial charge is 0.331 e. The number of aliphatic hydroxyl groups is 1. The predicted molar refractivity (Wildman–Crippen MR) is 77.0 cm³/mol. The third-order valence-electron chi connectivity index (χ3n) is 2.77. The van der Waals surface area contributed by atoms with Crippen LogP contribution in [-0.2, 0) is 25.7 Å². The Bertz CT molecular complexity index is 520. The van der Waals surface area contributed by atoms with E-state index in [0.717, 1.165) is 5.56 Å². The molecule has 0 spiro atoms. The van der Waals surface area contributed by atoms with Gasteiger partial charge in [-0.3, -0.25) is 9.59 Å². The summed E-state index contributed by atoms with van der Waals surface area (Å²) in [5, 5.41) is 11.4. The van der Waals surface area contributed by atoms with E-state index in [-0.39, 0.29) is 13.0 Å². The number of aliphatic hydroxyl groups excluding tert-OH is 1. The third-order valence-corrected chi connectivity index (χ3v) is 2.77. The SMILES string of the molecule is NC(=O)C[C@H](N)C(=O)N[C@@H](CO)C(=O)OCc1ccccc1. The van der Waals surface area contributed by atoms with E-state index in [1.54, 1.807) is 24.3 Å². The van der Waals surface area contributed by atoms with E-state index in [1.165, 1.54) is 0 Å². The molecule has 0 fully saturated rings. The van der Waals surface area contributed by atoms with Crippen LogP contribution in [0.2, 0.25) is 0 Å². The van der Waals surface area contributed by atoms with Gasteiger partial charge in [-0.1, -0.05) is 30.3 Å². The Morgan fingerprint density at radius 2 is 1.86 bits per heavy atom. The van der Waals surface area contributed by atoms with Crippen molar-refractivity contribution in [1.29, 1.82) is 0 Å². The van der Waals surface area contributed by atoms with E-state index in [2.05, 4.69) is 5.32 Å². The molecule has 8 nitrogen and oxygen atoms in total. The third kappa shape index (κ3) is 5.90. The monoisotopic (exact) mass is 309 g/mol. The second-order valence-corrected chi connectivity index (χ2v) is 4.61. The van der Waals surface area contributed by atoms with Gasteiger partial charge in [0.05, 0.1) is 19.1 Å². The summed E-state index contributed by atoms with van der Waals surface area (Å²) in [4.78, 5) is 34.1. The molecule has 120 valence electrons. The molecule has 1 aromatic rings. The number of nitrogens with one attached hydrogen (secondary N) is 1. The summed E-state index contributed by atoms with van der Waals surface area (Å²) in [7, 11) is 0. The van der Waals surface area contributed by atoms with Crippen LogP contribution in [-0.4, -0.2) is 41.6 Å². The Balaban J connectivity index is 2.50. The standard InChI is InChI=1S/C14H19N3O5/c15-10(6-12(16)19)13(20)17-11(7-18)14(21)22-8-9-4-2-1-3-5-9/h1-5,10-11,18H,6-8,15H2,(H2,16,19)(H,17,20)/t10-,11-/m0/s1. The number of hydrogen-bond donors (Lipinski definition) is 4. The van der Waals surface area contributed by atoms with Crippen molar-refractivity contribution in [1.82, 2.24) is 5.32 Å². The number of carbonyl (C=O) groups is 3. The van der Waals surface area contributed by atoms with Gasteiger partial charge in [-0.2, -0.15) is 0 Å². The summed E-state index contributed by atoms with van der Waals surface area (Å²) in [5.74, 6) is -2.31. The molecule has 0 aliphatic carbocycles. The molecule has 0 bridgehead atoms. The molecular weight excluding hydrogens is 290 g/mol. The Morgan fingerprint density at radius 3 is 2.41 bits per heavy atom. The van der Waals surface area contributed by atoms with Gasteiger partial charge >= 0.3 is 5.97 Å².